The van der Waals surface area contributed by atoms with E-state index in [-0.39, 0.29) is 11.1 Å². The van der Waals surface area contributed by atoms with Gasteiger partial charge in [-0.2, -0.15) is 13.2 Å². The predicted molar refractivity (Wildman–Crippen MR) is 72.2 cm³/mol. The van der Waals surface area contributed by atoms with E-state index in [0.29, 0.717) is 13.1 Å². The van der Waals surface area contributed by atoms with Gasteiger partial charge in [0, 0.05) is 36.8 Å². The molecule has 0 unspecified atom stereocenters. The molecule has 114 valence electrons. The molecule has 0 aliphatic carbocycles. The summed E-state index contributed by atoms with van der Waals surface area (Å²) in [4.78, 5) is 4.16. The van der Waals surface area contributed by atoms with Crippen molar-refractivity contribution in [1.82, 2.24) is 9.80 Å². The van der Waals surface area contributed by atoms with Crippen molar-refractivity contribution in [1.29, 1.82) is 0 Å². The fraction of sp³-hybridized carbons (Fsp3) is 1.00. The van der Waals surface area contributed by atoms with E-state index in [9.17, 15) is 13.2 Å². The molecule has 0 amide bonds. The number of halogens is 3. The molecule has 0 bridgehead atoms. The van der Waals surface area contributed by atoms with E-state index in [2.05, 4.69) is 25.7 Å². The van der Waals surface area contributed by atoms with Crippen LogP contribution in [0.25, 0.3) is 0 Å². The number of hydrogen-bond donors (Lipinski definition) is 0. The van der Waals surface area contributed by atoms with Gasteiger partial charge in [-0.1, -0.05) is 0 Å². The third-order valence-electron chi connectivity index (χ3n) is 3.76. The van der Waals surface area contributed by atoms with Crippen molar-refractivity contribution < 1.29 is 13.2 Å². The molecule has 0 spiro atoms. The Morgan fingerprint density at radius 1 is 0.895 bits per heavy atom. The highest BCUT2D eigenvalue weighted by Crippen LogP contribution is 2.32. The van der Waals surface area contributed by atoms with E-state index < -0.39 is 18.6 Å². The van der Waals surface area contributed by atoms with Gasteiger partial charge < -0.3 is 0 Å². The van der Waals surface area contributed by atoms with E-state index in [1.807, 2.05) is 25.7 Å². The van der Waals surface area contributed by atoms with E-state index in [0.717, 1.165) is 6.54 Å². The smallest absolute Gasteiger partial charge is 0.296 e. The van der Waals surface area contributed by atoms with Crippen molar-refractivity contribution >= 4 is 0 Å². The summed E-state index contributed by atoms with van der Waals surface area (Å²) in [7, 11) is 0. The zero-order valence-electron chi connectivity index (χ0n) is 12.9. The molecule has 0 saturated carbocycles. The Morgan fingerprint density at radius 3 is 1.79 bits per heavy atom. The lowest BCUT2D eigenvalue weighted by Crippen LogP contribution is -2.63. The summed E-state index contributed by atoms with van der Waals surface area (Å²) in [6, 6.07) is -0.451. The molecule has 1 aliphatic heterocycles. The van der Waals surface area contributed by atoms with Crippen LogP contribution in [0, 0.1) is 0 Å². The molecule has 1 fully saturated rings. The summed E-state index contributed by atoms with van der Waals surface area (Å²) in [6.07, 6.45) is -4.83. The first-order valence-electron chi connectivity index (χ1n) is 6.89. The van der Waals surface area contributed by atoms with Crippen LogP contribution in [-0.4, -0.2) is 52.7 Å². The molecular formula is C14H27F3N2. The molecule has 5 heteroatoms. The molecular weight excluding hydrogens is 253 g/mol. The SMILES string of the molecule is CC(C)(C)N1CCN(C(C)(C)C)[C@H](CC(F)(F)F)C1. The summed E-state index contributed by atoms with van der Waals surface area (Å²) in [5.41, 5.74) is -0.298. The Balaban J connectivity index is 2.87. The average molecular weight is 280 g/mol. The van der Waals surface area contributed by atoms with Gasteiger partial charge in [0.1, 0.15) is 0 Å². The van der Waals surface area contributed by atoms with Crippen LogP contribution in [0.3, 0.4) is 0 Å². The van der Waals surface area contributed by atoms with Crippen LogP contribution >= 0.6 is 0 Å². The van der Waals surface area contributed by atoms with Gasteiger partial charge in [0.15, 0.2) is 0 Å². The molecule has 1 saturated heterocycles. The third kappa shape index (κ3) is 4.95. The lowest BCUT2D eigenvalue weighted by Gasteiger charge is -2.51. The van der Waals surface area contributed by atoms with Gasteiger partial charge in [0.05, 0.1) is 6.42 Å². The predicted octanol–water partition coefficient (Wildman–Crippen LogP) is 3.52. The molecule has 2 nitrogen and oxygen atoms in total. The van der Waals surface area contributed by atoms with Crippen LogP contribution in [0.2, 0.25) is 0 Å². The summed E-state index contributed by atoms with van der Waals surface area (Å²) in [5, 5.41) is 0. The Kier molecular flexibility index (Phi) is 4.63. The van der Waals surface area contributed by atoms with Crippen molar-refractivity contribution in [3.05, 3.63) is 0 Å². The van der Waals surface area contributed by atoms with Crippen LogP contribution in [0.4, 0.5) is 13.2 Å². The van der Waals surface area contributed by atoms with E-state index in [4.69, 9.17) is 0 Å². The van der Waals surface area contributed by atoms with Crippen molar-refractivity contribution in [2.24, 2.45) is 0 Å². The zero-order chi connectivity index (χ0) is 15.1. The van der Waals surface area contributed by atoms with Crippen molar-refractivity contribution in [3.63, 3.8) is 0 Å². The maximum Gasteiger partial charge on any atom is 0.390 e. The number of hydrogen-bond acceptors (Lipinski definition) is 2. The topological polar surface area (TPSA) is 6.48 Å². The molecule has 0 aromatic heterocycles. The van der Waals surface area contributed by atoms with Gasteiger partial charge in [0.25, 0.3) is 0 Å². The van der Waals surface area contributed by atoms with Gasteiger partial charge in [-0.05, 0) is 41.5 Å². The van der Waals surface area contributed by atoms with Gasteiger partial charge in [-0.3, -0.25) is 9.80 Å². The normalized spacial score (nSPS) is 24.8. The van der Waals surface area contributed by atoms with Crippen molar-refractivity contribution in [2.75, 3.05) is 19.6 Å². The summed E-state index contributed by atoms with van der Waals surface area (Å²) in [6.45, 7) is 14.2. The number of nitrogens with zero attached hydrogens (tertiary/aromatic N) is 2. The lowest BCUT2D eigenvalue weighted by molar-refractivity contribution is -0.160. The Morgan fingerprint density at radius 2 is 1.42 bits per heavy atom. The Hall–Kier alpha value is -0.290. The average Bonchev–Trinajstić information content (AvgIpc) is 2.11. The monoisotopic (exact) mass is 280 g/mol. The first kappa shape index (κ1) is 16.8. The van der Waals surface area contributed by atoms with Gasteiger partial charge in [-0.25, -0.2) is 0 Å². The molecule has 0 N–H and O–H groups in total. The number of piperazine rings is 1. The first-order valence-corrected chi connectivity index (χ1v) is 6.89. The fourth-order valence-corrected chi connectivity index (χ4v) is 2.79. The van der Waals surface area contributed by atoms with Crippen LogP contribution < -0.4 is 0 Å². The maximum absolute atomic E-state index is 12.8. The minimum Gasteiger partial charge on any atom is -0.296 e. The maximum atomic E-state index is 12.8. The highest BCUT2D eigenvalue weighted by molar-refractivity contribution is 4.93. The molecule has 1 rings (SSSR count). The lowest BCUT2D eigenvalue weighted by atomic mass is 9.95. The zero-order valence-corrected chi connectivity index (χ0v) is 12.9. The molecule has 0 aromatic rings. The Bertz CT molecular complexity index is 299. The molecule has 19 heavy (non-hydrogen) atoms. The van der Waals surface area contributed by atoms with E-state index in [1.165, 1.54) is 0 Å². The molecule has 0 radical (unpaired) electrons. The van der Waals surface area contributed by atoms with Crippen molar-refractivity contribution in [3.8, 4) is 0 Å². The minimum atomic E-state index is -4.10. The standard InChI is InChI=1S/C14H27F3N2/c1-12(2,3)18-7-8-19(13(4,5)6)11(10-18)9-14(15,16)17/h11H,7-10H2,1-6H3/t11-/m1/s1. The van der Waals surface area contributed by atoms with E-state index >= 15 is 0 Å². The molecule has 1 aliphatic rings. The van der Waals surface area contributed by atoms with E-state index in [1.54, 1.807) is 0 Å². The van der Waals surface area contributed by atoms with Gasteiger partial charge >= 0.3 is 6.18 Å². The van der Waals surface area contributed by atoms with Crippen LogP contribution in [0.15, 0.2) is 0 Å². The second-order valence-electron chi connectivity index (χ2n) is 7.45. The Labute approximate surface area is 114 Å². The van der Waals surface area contributed by atoms with Crippen LogP contribution in [-0.2, 0) is 0 Å². The number of rotatable bonds is 1. The highest BCUT2D eigenvalue weighted by Gasteiger charge is 2.42. The van der Waals surface area contributed by atoms with Crippen LogP contribution in [0.1, 0.15) is 48.0 Å². The molecule has 1 heterocycles. The fourth-order valence-electron chi connectivity index (χ4n) is 2.79. The number of alkyl halides is 3. The van der Waals surface area contributed by atoms with Crippen LogP contribution in [0.5, 0.6) is 0 Å². The molecule has 1 atom stereocenters. The highest BCUT2D eigenvalue weighted by atomic mass is 19.4. The van der Waals surface area contributed by atoms with Gasteiger partial charge in [-0.15, -0.1) is 0 Å². The quantitative estimate of drug-likeness (QED) is 0.725. The summed E-state index contributed by atoms with van der Waals surface area (Å²) >= 11 is 0. The van der Waals surface area contributed by atoms with Crippen molar-refractivity contribution in [2.45, 2.75) is 71.3 Å². The summed E-state index contributed by atoms with van der Waals surface area (Å²) < 4.78 is 38.3. The third-order valence-corrected chi connectivity index (χ3v) is 3.76. The second kappa shape index (κ2) is 5.24. The molecule has 0 aromatic carbocycles. The largest absolute Gasteiger partial charge is 0.390 e. The first-order chi connectivity index (χ1) is 8.31. The second-order valence-corrected chi connectivity index (χ2v) is 7.45. The summed E-state index contributed by atoms with van der Waals surface area (Å²) in [5.74, 6) is 0. The van der Waals surface area contributed by atoms with Gasteiger partial charge in [0.2, 0.25) is 0 Å². The minimum absolute atomic E-state index is 0.0756.